The van der Waals surface area contributed by atoms with Gasteiger partial charge in [-0.2, -0.15) is 5.10 Å². The summed E-state index contributed by atoms with van der Waals surface area (Å²) in [6, 6.07) is 11.3. The first-order chi connectivity index (χ1) is 15.0. The molecule has 0 aliphatic heterocycles. The van der Waals surface area contributed by atoms with E-state index in [9.17, 15) is 4.79 Å². The lowest BCUT2D eigenvalue weighted by Crippen LogP contribution is -1.96. The zero-order chi connectivity index (χ0) is 22.0. The number of rotatable bonds is 6. The van der Waals surface area contributed by atoms with Crippen LogP contribution in [0, 0.1) is 0 Å². The summed E-state index contributed by atoms with van der Waals surface area (Å²) in [5, 5.41) is 4.20. The molecular formula is C24H22N4O3. The lowest BCUT2D eigenvalue weighted by molar-refractivity contribution is -0.112. The Morgan fingerprint density at radius 3 is 2.32 bits per heavy atom. The van der Waals surface area contributed by atoms with Gasteiger partial charge in [-0.15, -0.1) is 0 Å². The highest BCUT2D eigenvalue weighted by molar-refractivity contribution is 6.00. The number of benzene rings is 2. The van der Waals surface area contributed by atoms with Crippen LogP contribution in [-0.4, -0.2) is 39.8 Å². The van der Waals surface area contributed by atoms with Crippen LogP contribution in [0.25, 0.3) is 27.9 Å². The molecule has 0 N–H and O–H groups in total. The van der Waals surface area contributed by atoms with E-state index in [4.69, 9.17) is 14.5 Å². The van der Waals surface area contributed by atoms with Crippen molar-refractivity contribution in [1.29, 1.82) is 0 Å². The summed E-state index contributed by atoms with van der Waals surface area (Å²) in [6.45, 7) is 1.53. The number of aromatic nitrogens is 4. The van der Waals surface area contributed by atoms with Gasteiger partial charge in [-0.1, -0.05) is 6.07 Å². The molecule has 0 aliphatic rings. The summed E-state index contributed by atoms with van der Waals surface area (Å²) in [6.07, 6.45) is 6.98. The molecule has 0 saturated carbocycles. The summed E-state index contributed by atoms with van der Waals surface area (Å²) in [4.78, 5) is 21.3. The summed E-state index contributed by atoms with van der Waals surface area (Å²) >= 11 is 0. The first kappa shape index (κ1) is 20.3. The molecule has 0 atom stereocenters. The molecule has 2 aromatic carbocycles. The van der Waals surface area contributed by atoms with Gasteiger partial charge in [0, 0.05) is 24.9 Å². The number of carbonyl (C=O) groups is 1. The SMILES string of the molecule is COc1cc(OC)cc(C(=CC(C)=O)c2ccc3ncc(-c4cnn(C)c4)nc3c2)c1. The van der Waals surface area contributed by atoms with Crippen LogP contribution in [0.15, 0.2) is 61.1 Å². The van der Waals surface area contributed by atoms with Gasteiger partial charge in [0.2, 0.25) is 0 Å². The van der Waals surface area contributed by atoms with Crippen molar-refractivity contribution < 1.29 is 14.3 Å². The Morgan fingerprint density at radius 2 is 1.71 bits per heavy atom. The number of nitrogens with zero attached hydrogens (tertiary/aromatic N) is 4. The van der Waals surface area contributed by atoms with Crippen molar-refractivity contribution in [3.05, 3.63) is 72.2 Å². The monoisotopic (exact) mass is 414 g/mol. The van der Waals surface area contributed by atoms with Crippen molar-refractivity contribution in [3.63, 3.8) is 0 Å². The van der Waals surface area contributed by atoms with Crippen LogP contribution in [0.3, 0.4) is 0 Å². The maximum atomic E-state index is 12.0. The first-order valence-corrected chi connectivity index (χ1v) is 9.68. The third-order valence-electron chi connectivity index (χ3n) is 4.86. The molecule has 0 fully saturated rings. The molecule has 7 heteroatoms. The minimum Gasteiger partial charge on any atom is -0.497 e. The molecule has 7 nitrogen and oxygen atoms in total. The van der Waals surface area contributed by atoms with Crippen LogP contribution < -0.4 is 9.47 Å². The summed E-state index contributed by atoms with van der Waals surface area (Å²) in [5.41, 5.74) is 5.51. The second-order valence-corrected chi connectivity index (χ2v) is 7.13. The Labute approximate surface area is 180 Å². The quantitative estimate of drug-likeness (QED) is 0.443. The average Bonchev–Trinajstić information content (AvgIpc) is 3.22. The van der Waals surface area contributed by atoms with Gasteiger partial charge in [-0.25, -0.2) is 4.98 Å². The Kier molecular flexibility index (Phi) is 5.49. The van der Waals surface area contributed by atoms with Crippen LogP contribution in [0.4, 0.5) is 0 Å². The number of ether oxygens (including phenoxy) is 2. The minimum absolute atomic E-state index is 0.0629. The third kappa shape index (κ3) is 4.30. The Hall–Kier alpha value is -4.00. The number of carbonyl (C=O) groups excluding carboxylic acids is 1. The van der Waals surface area contributed by atoms with E-state index in [0.29, 0.717) is 11.5 Å². The molecule has 0 aliphatic carbocycles. The third-order valence-corrected chi connectivity index (χ3v) is 4.86. The number of aryl methyl sites for hydroxylation is 1. The van der Waals surface area contributed by atoms with Crippen LogP contribution in [0.1, 0.15) is 18.1 Å². The normalized spacial score (nSPS) is 11.5. The van der Waals surface area contributed by atoms with E-state index in [1.807, 2.05) is 43.6 Å². The highest BCUT2D eigenvalue weighted by atomic mass is 16.5. The number of hydrogen-bond donors (Lipinski definition) is 0. The van der Waals surface area contributed by atoms with Crippen molar-refractivity contribution in [2.75, 3.05) is 14.2 Å². The van der Waals surface area contributed by atoms with Crippen LogP contribution in [-0.2, 0) is 11.8 Å². The Morgan fingerprint density at radius 1 is 0.968 bits per heavy atom. The van der Waals surface area contributed by atoms with Crippen molar-refractivity contribution in [2.45, 2.75) is 6.92 Å². The maximum Gasteiger partial charge on any atom is 0.153 e. The van der Waals surface area contributed by atoms with Gasteiger partial charge >= 0.3 is 0 Å². The minimum atomic E-state index is -0.0629. The van der Waals surface area contributed by atoms with Gasteiger partial charge < -0.3 is 9.47 Å². The fourth-order valence-electron chi connectivity index (χ4n) is 3.37. The van der Waals surface area contributed by atoms with Crippen molar-refractivity contribution in [1.82, 2.24) is 19.7 Å². The van der Waals surface area contributed by atoms with Crippen LogP contribution in [0.5, 0.6) is 11.5 Å². The van der Waals surface area contributed by atoms with E-state index in [0.717, 1.165) is 39.0 Å². The molecule has 0 radical (unpaired) electrons. The number of allylic oxidation sites excluding steroid dienone is 1. The van der Waals surface area contributed by atoms with Crippen LogP contribution >= 0.6 is 0 Å². The van der Waals surface area contributed by atoms with Gasteiger partial charge in [-0.3, -0.25) is 14.5 Å². The Balaban J connectivity index is 1.86. The smallest absolute Gasteiger partial charge is 0.153 e. The van der Waals surface area contributed by atoms with Gasteiger partial charge in [-0.05, 0) is 54.0 Å². The van der Waals surface area contributed by atoms with E-state index in [1.54, 1.807) is 43.4 Å². The zero-order valence-electron chi connectivity index (χ0n) is 17.8. The summed E-state index contributed by atoms with van der Waals surface area (Å²) < 4.78 is 12.5. The molecule has 2 aromatic heterocycles. The summed E-state index contributed by atoms with van der Waals surface area (Å²) in [5.74, 6) is 1.22. The highest BCUT2D eigenvalue weighted by Crippen LogP contribution is 2.32. The lowest BCUT2D eigenvalue weighted by atomic mass is 9.95. The molecule has 156 valence electrons. The molecule has 2 heterocycles. The predicted octanol–water partition coefficient (Wildman–Crippen LogP) is 4.07. The van der Waals surface area contributed by atoms with E-state index in [1.165, 1.54) is 6.92 Å². The maximum absolute atomic E-state index is 12.0. The molecule has 0 unspecified atom stereocenters. The fourth-order valence-corrected chi connectivity index (χ4v) is 3.37. The predicted molar refractivity (Wildman–Crippen MR) is 119 cm³/mol. The summed E-state index contributed by atoms with van der Waals surface area (Å²) in [7, 11) is 5.05. The van der Waals surface area contributed by atoms with Crippen molar-refractivity contribution in [2.24, 2.45) is 7.05 Å². The number of hydrogen-bond acceptors (Lipinski definition) is 6. The first-order valence-electron chi connectivity index (χ1n) is 9.68. The fraction of sp³-hybridized carbons (Fsp3) is 0.167. The van der Waals surface area contributed by atoms with Gasteiger partial charge in [0.25, 0.3) is 0 Å². The zero-order valence-corrected chi connectivity index (χ0v) is 17.8. The van der Waals surface area contributed by atoms with Crippen molar-refractivity contribution >= 4 is 22.4 Å². The molecule has 0 amide bonds. The second-order valence-electron chi connectivity index (χ2n) is 7.13. The van der Waals surface area contributed by atoms with Crippen LogP contribution in [0.2, 0.25) is 0 Å². The number of fused-ring (bicyclic) bond motifs is 1. The van der Waals surface area contributed by atoms with Gasteiger partial charge in [0.15, 0.2) is 5.78 Å². The Bertz CT molecular complexity index is 1290. The molecule has 31 heavy (non-hydrogen) atoms. The van der Waals surface area contributed by atoms with E-state index in [2.05, 4.69) is 10.1 Å². The molecule has 0 saturated heterocycles. The molecular weight excluding hydrogens is 392 g/mol. The highest BCUT2D eigenvalue weighted by Gasteiger charge is 2.13. The van der Waals surface area contributed by atoms with E-state index >= 15 is 0 Å². The number of ketones is 1. The standard InChI is InChI=1S/C24H22N4O3/c1-15(29)7-21(17-8-19(30-3)11-20(9-17)31-4)16-5-6-22-23(10-16)27-24(13-25-22)18-12-26-28(2)14-18/h5-14H,1-4H3. The second kappa shape index (κ2) is 8.39. The topological polar surface area (TPSA) is 79.1 Å². The average molecular weight is 414 g/mol. The van der Waals surface area contributed by atoms with Gasteiger partial charge in [0.1, 0.15) is 11.5 Å². The van der Waals surface area contributed by atoms with E-state index < -0.39 is 0 Å². The molecule has 0 spiro atoms. The molecule has 4 aromatic rings. The number of methoxy groups -OCH3 is 2. The largest absolute Gasteiger partial charge is 0.497 e. The molecule has 4 rings (SSSR count). The van der Waals surface area contributed by atoms with E-state index in [-0.39, 0.29) is 5.78 Å². The van der Waals surface area contributed by atoms with Crippen molar-refractivity contribution in [3.8, 4) is 22.8 Å². The lowest BCUT2D eigenvalue weighted by Gasteiger charge is -2.13. The van der Waals surface area contributed by atoms with Gasteiger partial charge in [0.05, 0.1) is 43.3 Å². The molecule has 0 bridgehead atoms.